The summed E-state index contributed by atoms with van der Waals surface area (Å²) in [6.07, 6.45) is 4.33. The second-order valence-electron chi connectivity index (χ2n) is 8.28. The van der Waals surface area contributed by atoms with Crippen LogP contribution in [-0.2, 0) is 5.60 Å². The van der Waals surface area contributed by atoms with Gasteiger partial charge in [-0.15, -0.1) is 15.0 Å². The topological polar surface area (TPSA) is 106 Å². The third-order valence-electron chi connectivity index (χ3n) is 5.51. The average Bonchev–Trinajstić information content (AvgIpc) is 3.29. The number of carbonyl (C=O) groups excluding carboxylic acids is 1. The first-order valence-electron chi connectivity index (χ1n) is 10.3. The molecule has 2 atom stereocenters. The van der Waals surface area contributed by atoms with Crippen LogP contribution in [0.5, 0.6) is 5.88 Å². The van der Waals surface area contributed by atoms with E-state index in [1.54, 1.807) is 44.3 Å². The maximum atomic E-state index is 13.5. The van der Waals surface area contributed by atoms with E-state index in [0.717, 1.165) is 12.8 Å². The molecule has 1 aliphatic rings. The van der Waals surface area contributed by atoms with Crippen molar-refractivity contribution in [3.8, 4) is 11.6 Å². The van der Waals surface area contributed by atoms with Crippen LogP contribution in [0.3, 0.4) is 0 Å². The smallest absolute Gasteiger partial charge is 0.256 e. The maximum Gasteiger partial charge on any atom is 0.256 e. The van der Waals surface area contributed by atoms with Crippen molar-refractivity contribution in [3.63, 3.8) is 0 Å². The Morgan fingerprint density at radius 1 is 1.19 bits per heavy atom. The van der Waals surface area contributed by atoms with E-state index in [1.165, 1.54) is 11.1 Å². The Labute approximate surface area is 180 Å². The number of benzene rings is 1. The highest BCUT2D eigenvalue weighted by Crippen LogP contribution is 2.30. The lowest BCUT2D eigenvalue weighted by Crippen LogP contribution is -2.49. The van der Waals surface area contributed by atoms with E-state index in [2.05, 4.69) is 20.4 Å². The van der Waals surface area contributed by atoms with Gasteiger partial charge in [0.2, 0.25) is 5.88 Å². The lowest BCUT2D eigenvalue weighted by Gasteiger charge is -2.38. The van der Waals surface area contributed by atoms with Crippen molar-refractivity contribution in [3.05, 3.63) is 60.0 Å². The number of amides is 1. The molecule has 4 rings (SSSR count). The van der Waals surface area contributed by atoms with Crippen molar-refractivity contribution in [1.29, 1.82) is 0 Å². The molecule has 1 N–H and O–H groups in total. The Kier molecular flexibility index (Phi) is 5.69. The summed E-state index contributed by atoms with van der Waals surface area (Å²) in [7, 11) is 0. The number of piperidine rings is 1. The van der Waals surface area contributed by atoms with Crippen LogP contribution in [0.1, 0.15) is 49.5 Å². The van der Waals surface area contributed by atoms with Crippen molar-refractivity contribution in [1.82, 2.24) is 30.1 Å². The molecule has 0 saturated carbocycles. The molecule has 2 aromatic heterocycles. The van der Waals surface area contributed by atoms with Gasteiger partial charge in [-0.05, 0) is 63.1 Å². The molecule has 3 heterocycles. The van der Waals surface area contributed by atoms with Crippen LogP contribution in [0.2, 0.25) is 0 Å². The molecule has 0 bridgehead atoms. The van der Waals surface area contributed by atoms with Gasteiger partial charge in [0.25, 0.3) is 5.91 Å². The summed E-state index contributed by atoms with van der Waals surface area (Å²) >= 11 is 0. The van der Waals surface area contributed by atoms with E-state index in [-0.39, 0.29) is 18.1 Å². The van der Waals surface area contributed by atoms with Crippen molar-refractivity contribution < 1.29 is 14.6 Å². The van der Waals surface area contributed by atoms with Gasteiger partial charge >= 0.3 is 0 Å². The van der Waals surface area contributed by atoms with Gasteiger partial charge in [0, 0.05) is 17.8 Å². The van der Waals surface area contributed by atoms with Crippen LogP contribution in [0.4, 0.5) is 0 Å². The van der Waals surface area contributed by atoms with Crippen LogP contribution in [0.15, 0.2) is 48.9 Å². The fourth-order valence-corrected chi connectivity index (χ4v) is 3.82. The molecular formula is C22H26N6O3. The maximum absolute atomic E-state index is 13.5. The van der Waals surface area contributed by atoms with Crippen LogP contribution in [0, 0.1) is 0 Å². The molecular weight excluding hydrogens is 396 g/mol. The molecule has 1 fully saturated rings. The zero-order chi connectivity index (χ0) is 22.0. The van der Waals surface area contributed by atoms with Gasteiger partial charge in [0.1, 0.15) is 11.8 Å². The second kappa shape index (κ2) is 8.43. The molecule has 31 heavy (non-hydrogen) atoms. The van der Waals surface area contributed by atoms with E-state index in [0.29, 0.717) is 29.2 Å². The first kappa shape index (κ1) is 20.9. The highest BCUT2D eigenvalue weighted by Gasteiger charge is 2.33. The van der Waals surface area contributed by atoms with Crippen molar-refractivity contribution >= 4 is 5.91 Å². The zero-order valence-corrected chi connectivity index (χ0v) is 17.8. The fraction of sp³-hybridized carbons (Fsp3) is 0.409. The Bertz CT molecular complexity index is 1050. The van der Waals surface area contributed by atoms with Gasteiger partial charge in [0.15, 0.2) is 6.33 Å². The summed E-state index contributed by atoms with van der Waals surface area (Å²) in [5.74, 6) is 0.284. The number of tetrazole rings is 1. The molecule has 1 aliphatic heterocycles. The second-order valence-corrected chi connectivity index (χ2v) is 8.28. The van der Waals surface area contributed by atoms with Crippen LogP contribution < -0.4 is 4.74 Å². The molecule has 162 valence electrons. The number of aromatic nitrogens is 5. The van der Waals surface area contributed by atoms with Gasteiger partial charge < -0.3 is 14.7 Å². The van der Waals surface area contributed by atoms with E-state index < -0.39 is 5.60 Å². The van der Waals surface area contributed by atoms with E-state index in [9.17, 15) is 9.90 Å². The summed E-state index contributed by atoms with van der Waals surface area (Å²) in [6, 6.07) is 10.8. The molecule has 0 radical (unpaired) electrons. The zero-order valence-electron chi connectivity index (χ0n) is 17.8. The summed E-state index contributed by atoms with van der Waals surface area (Å²) in [6.45, 7) is 5.85. The number of rotatable bonds is 5. The number of ether oxygens (including phenoxy) is 1. The first-order chi connectivity index (χ1) is 14.8. The highest BCUT2D eigenvalue weighted by atomic mass is 16.5. The molecule has 9 nitrogen and oxygen atoms in total. The molecule has 0 unspecified atom stereocenters. The fourth-order valence-electron chi connectivity index (χ4n) is 3.82. The number of likely N-dealkylation sites (tertiary alicyclic amines) is 1. The van der Waals surface area contributed by atoms with Gasteiger partial charge in [-0.2, -0.15) is 0 Å². The summed E-state index contributed by atoms with van der Waals surface area (Å²) in [5, 5.41) is 22.2. The van der Waals surface area contributed by atoms with Crippen molar-refractivity contribution in [2.75, 3.05) is 6.54 Å². The Balaban J connectivity index is 1.57. The third-order valence-corrected chi connectivity index (χ3v) is 5.51. The third kappa shape index (κ3) is 4.41. The van der Waals surface area contributed by atoms with Gasteiger partial charge in [0.05, 0.1) is 17.7 Å². The van der Waals surface area contributed by atoms with E-state index in [1.807, 2.05) is 24.0 Å². The normalized spacial score (nSPS) is 19.3. The summed E-state index contributed by atoms with van der Waals surface area (Å²) in [5.41, 5.74) is 0.622. The molecule has 1 aromatic carbocycles. The van der Waals surface area contributed by atoms with Crippen LogP contribution in [0.25, 0.3) is 5.69 Å². The number of hydrogen-bond acceptors (Lipinski definition) is 7. The lowest BCUT2D eigenvalue weighted by atomic mass is 9.98. The van der Waals surface area contributed by atoms with Crippen LogP contribution in [-0.4, -0.2) is 59.8 Å². The molecule has 9 heteroatoms. The number of aliphatic hydroxyl groups is 1. The van der Waals surface area contributed by atoms with E-state index >= 15 is 0 Å². The standard InChI is InChI=1S/C22H26N6O3/c1-15-10-11-16(31-20-18(22(2,3)30)8-6-12-23-20)13-27(15)21(29)17-7-4-5-9-19(17)28-25-14-24-26-28/h4-9,12,14-16,30H,10-11,13H2,1-3H3/t15-,16+/m1/s1. The average molecular weight is 422 g/mol. The largest absolute Gasteiger partial charge is 0.472 e. The Hall–Kier alpha value is -3.33. The molecule has 3 aromatic rings. The molecule has 1 amide bonds. The van der Waals surface area contributed by atoms with Crippen LogP contribution >= 0.6 is 0 Å². The van der Waals surface area contributed by atoms with Gasteiger partial charge in [-0.25, -0.2) is 4.98 Å². The first-order valence-corrected chi connectivity index (χ1v) is 10.3. The number of para-hydroxylation sites is 1. The van der Waals surface area contributed by atoms with Gasteiger partial charge in [-0.3, -0.25) is 4.79 Å². The monoisotopic (exact) mass is 422 g/mol. The Morgan fingerprint density at radius 3 is 2.74 bits per heavy atom. The van der Waals surface area contributed by atoms with Crippen molar-refractivity contribution in [2.24, 2.45) is 0 Å². The predicted molar refractivity (Wildman–Crippen MR) is 113 cm³/mol. The number of pyridine rings is 1. The quantitative estimate of drug-likeness (QED) is 0.673. The minimum absolute atomic E-state index is 0.0570. The minimum Gasteiger partial charge on any atom is -0.472 e. The number of carbonyl (C=O) groups is 1. The lowest BCUT2D eigenvalue weighted by molar-refractivity contribution is 0.0325. The van der Waals surface area contributed by atoms with E-state index in [4.69, 9.17) is 4.74 Å². The highest BCUT2D eigenvalue weighted by molar-refractivity contribution is 5.98. The van der Waals surface area contributed by atoms with Gasteiger partial charge in [-0.1, -0.05) is 12.1 Å². The summed E-state index contributed by atoms with van der Waals surface area (Å²) in [4.78, 5) is 21.0. The molecule has 0 spiro atoms. The predicted octanol–water partition coefficient (Wildman–Crippen LogP) is 2.36. The SMILES string of the molecule is C[C@@H]1CC[C@H](Oc2ncccc2C(C)(C)O)CN1C(=O)c1ccccc1-n1ncnn1. The number of hydrogen-bond donors (Lipinski definition) is 1. The molecule has 0 aliphatic carbocycles. The minimum atomic E-state index is -1.08. The molecule has 1 saturated heterocycles. The summed E-state index contributed by atoms with van der Waals surface area (Å²) < 4.78 is 6.18. The number of nitrogens with zero attached hydrogens (tertiary/aromatic N) is 6. The van der Waals surface area contributed by atoms with Crippen molar-refractivity contribution in [2.45, 2.75) is 51.4 Å². The Morgan fingerprint density at radius 2 is 2.00 bits per heavy atom.